The molecular weight excluding hydrogens is 438 g/mol. The topological polar surface area (TPSA) is 63.7 Å². The predicted octanol–water partition coefficient (Wildman–Crippen LogP) is 5.29. The zero-order chi connectivity index (χ0) is 24.3. The average Bonchev–Trinajstić information content (AvgIpc) is 3.14. The highest BCUT2D eigenvalue weighted by atomic mass is 16.5. The second kappa shape index (κ2) is 8.19. The van der Waals surface area contributed by atoms with Gasteiger partial charge in [0, 0.05) is 11.8 Å². The summed E-state index contributed by atoms with van der Waals surface area (Å²) in [5, 5.41) is 0. The summed E-state index contributed by atoms with van der Waals surface area (Å²) in [5.41, 5.74) is 5.52. The molecule has 176 valence electrons. The van der Waals surface area contributed by atoms with Gasteiger partial charge in [-0.2, -0.15) is 0 Å². The Hall–Kier alpha value is -3.73. The number of anilines is 1. The molecule has 0 unspecified atom stereocenters. The fraction of sp³-hybridized carbons (Fsp3) is 0.300. The number of hydrogen-bond donors (Lipinski definition) is 0. The molecule has 35 heavy (non-hydrogen) atoms. The van der Waals surface area contributed by atoms with Crippen LogP contribution < -0.4 is 4.90 Å². The van der Waals surface area contributed by atoms with E-state index in [1.807, 2.05) is 24.3 Å². The molecule has 3 aromatic rings. The summed E-state index contributed by atoms with van der Waals surface area (Å²) >= 11 is 0. The van der Waals surface area contributed by atoms with Gasteiger partial charge in [-0.1, -0.05) is 62.4 Å². The first-order valence-corrected chi connectivity index (χ1v) is 12.3. The molecule has 5 nitrogen and oxygen atoms in total. The van der Waals surface area contributed by atoms with Gasteiger partial charge < -0.3 is 4.74 Å². The number of ether oxygens (including phenoxy) is 1. The smallest absolute Gasteiger partial charge is 0.338 e. The van der Waals surface area contributed by atoms with Crippen molar-refractivity contribution in [3.05, 3.63) is 101 Å². The SMILES string of the molecule is CC(C)CCOC(=O)c1ccc(N2C(=O)[C@H]3C4c5ccccc5C(c5ccccc54)[C@@H]3C2=O)cc1. The van der Waals surface area contributed by atoms with Crippen LogP contribution in [0, 0.1) is 17.8 Å². The van der Waals surface area contributed by atoms with Crippen LogP contribution in [0.4, 0.5) is 5.69 Å². The Morgan fingerprint density at radius 1 is 0.771 bits per heavy atom. The number of carbonyl (C=O) groups is 3. The minimum atomic E-state index is -0.419. The lowest BCUT2D eigenvalue weighted by molar-refractivity contribution is -0.122. The van der Waals surface area contributed by atoms with Crippen LogP contribution in [0.25, 0.3) is 0 Å². The molecule has 0 radical (unpaired) electrons. The van der Waals surface area contributed by atoms with E-state index >= 15 is 0 Å². The third-order valence-corrected chi connectivity index (χ3v) is 7.74. The number of hydrogen-bond acceptors (Lipinski definition) is 4. The van der Waals surface area contributed by atoms with E-state index in [1.165, 1.54) is 4.90 Å². The molecule has 2 bridgehead atoms. The molecule has 1 aliphatic heterocycles. The molecule has 2 amide bonds. The molecular formula is C30H27NO4. The summed E-state index contributed by atoms with van der Waals surface area (Å²) < 4.78 is 5.35. The van der Waals surface area contributed by atoms with Crippen molar-refractivity contribution in [2.45, 2.75) is 32.1 Å². The van der Waals surface area contributed by atoms with Crippen LogP contribution in [-0.4, -0.2) is 24.4 Å². The molecule has 1 fully saturated rings. The first-order valence-electron chi connectivity index (χ1n) is 12.3. The molecule has 0 aromatic heterocycles. The Labute approximate surface area is 204 Å². The maximum atomic E-state index is 13.8. The highest BCUT2D eigenvalue weighted by molar-refractivity contribution is 6.23. The molecule has 0 N–H and O–H groups in total. The molecule has 1 heterocycles. The van der Waals surface area contributed by atoms with Gasteiger partial charge in [-0.05, 0) is 58.9 Å². The molecule has 5 heteroatoms. The molecule has 0 spiro atoms. The van der Waals surface area contributed by atoms with Gasteiger partial charge in [-0.3, -0.25) is 9.59 Å². The van der Waals surface area contributed by atoms with Crippen LogP contribution in [0.1, 0.15) is 64.7 Å². The van der Waals surface area contributed by atoms with Crippen LogP contribution >= 0.6 is 0 Å². The monoisotopic (exact) mass is 465 g/mol. The van der Waals surface area contributed by atoms with Gasteiger partial charge in [0.05, 0.1) is 29.7 Å². The van der Waals surface area contributed by atoms with Gasteiger partial charge in [-0.25, -0.2) is 9.69 Å². The Morgan fingerprint density at radius 2 is 1.23 bits per heavy atom. The Balaban J connectivity index is 1.33. The average molecular weight is 466 g/mol. The van der Waals surface area contributed by atoms with E-state index in [1.54, 1.807) is 24.3 Å². The van der Waals surface area contributed by atoms with E-state index in [-0.39, 0.29) is 23.7 Å². The number of amides is 2. The van der Waals surface area contributed by atoms with E-state index < -0.39 is 17.8 Å². The lowest BCUT2D eigenvalue weighted by Gasteiger charge is -2.45. The molecule has 7 rings (SSSR count). The molecule has 0 saturated carbocycles. The minimum absolute atomic E-state index is 0.131. The van der Waals surface area contributed by atoms with E-state index in [4.69, 9.17) is 4.74 Å². The number of rotatable bonds is 5. The summed E-state index contributed by atoms with van der Waals surface area (Å²) in [7, 11) is 0. The number of imide groups is 1. The summed E-state index contributed by atoms with van der Waals surface area (Å²) in [6.07, 6.45) is 0.802. The lowest BCUT2D eigenvalue weighted by atomic mass is 9.55. The highest BCUT2D eigenvalue weighted by Gasteiger charge is 2.61. The minimum Gasteiger partial charge on any atom is -0.462 e. The van der Waals surface area contributed by atoms with Crippen molar-refractivity contribution in [1.29, 1.82) is 0 Å². The fourth-order valence-electron chi connectivity index (χ4n) is 6.15. The van der Waals surface area contributed by atoms with Gasteiger partial charge in [0.1, 0.15) is 0 Å². The van der Waals surface area contributed by atoms with Gasteiger partial charge >= 0.3 is 5.97 Å². The standard InChI is InChI=1S/C30H27NO4/c1-17(2)15-16-35-30(34)18-11-13-19(14-12-18)31-28(32)26-24-20-7-3-4-8-21(20)25(27(26)29(31)33)23-10-6-5-9-22(23)24/h3-14,17,24-27H,15-16H2,1-2H3/t24?,25?,26-,27-/m0/s1. The van der Waals surface area contributed by atoms with Crippen molar-refractivity contribution in [3.8, 4) is 0 Å². The Bertz CT molecular complexity index is 1230. The largest absolute Gasteiger partial charge is 0.462 e. The van der Waals surface area contributed by atoms with E-state index in [0.717, 1.165) is 28.7 Å². The third-order valence-electron chi connectivity index (χ3n) is 7.74. The molecule has 3 aromatic carbocycles. The Kier molecular flexibility index (Phi) is 5.10. The van der Waals surface area contributed by atoms with Crippen molar-refractivity contribution in [2.75, 3.05) is 11.5 Å². The van der Waals surface area contributed by atoms with Gasteiger partial charge in [-0.15, -0.1) is 0 Å². The molecule has 1 saturated heterocycles. The maximum Gasteiger partial charge on any atom is 0.338 e. The maximum absolute atomic E-state index is 13.8. The second-order valence-corrected chi connectivity index (χ2v) is 10.1. The number of esters is 1. The van der Waals surface area contributed by atoms with Crippen molar-refractivity contribution in [1.82, 2.24) is 0 Å². The number of nitrogens with zero attached hydrogens (tertiary/aromatic N) is 1. The van der Waals surface area contributed by atoms with Crippen LogP contribution in [0.15, 0.2) is 72.8 Å². The quantitative estimate of drug-likeness (QED) is 0.380. The van der Waals surface area contributed by atoms with Crippen molar-refractivity contribution < 1.29 is 19.1 Å². The summed E-state index contributed by atoms with van der Waals surface area (Å²) in [6.45, 7) is 4.52. The number of carbonyl (C=O) groups excluding carboxylic acids is 3. The lowest BCUT2D eigenvalue weighted by Crippen LogP contribution is -2.41. The van der Waals surface area contributed by atoms with E-state index in [2.05, 4.69) is 38.1 Å². The van der Waals surface area contributed by atoms with Crippen LogP contribution in [0.5, 0.6) is 0 Å². The van der Waals surface area contributed by atoms with E-state index in [0.29, 0.717) is 23.8 Å². The van der Waals surface area contributed by atoms with Crippen molar-refractivity contribution in [2.24, 2.45) is 17.8 Å². The van der Waals surface area contributed by atoms with Crippen molar-refractivity contribution >= 4 is 23.5 Å². The van der Waals surface area contributed by atoms with Gasteiger partial charge in [0.25, 0.3) is 0 Å². The molecule has 2 atom stereocenters. The third kappa shape index (κ3) is 3.25. The zero-order valence-corrected chi connectivity index (χ0v) is 19.8. The summed E-state index contributed by atoms with van der Waals surface area (Å²) in [4.78, 5) is 41.3. The fourth-order valence-corrected chi connectivity index (χ4v) is 6.15. The Morgan fingerprint density at radius 3 is 1.66 bits per heavy atom. The summed E-state index contributed by atoms with van der Waals surface area (Å²) in [5.74, 6) is -1.36. The van der Waals surface area contributed by atoms with Gasteiger partial charge in [0.15, 0.2) is 0 Å². The highest BCUT2D eigenvalue weighted by Crippen LogP contribution is 2.61. The van der Waals surface area contributed by atoms with Crippen LogP contribution in [0.2, 0.25) is 0 Å². The molecule has 3 aliphatic carbocycles. The second-order valence-electron chi connectivity index (χ2n) is 10.1. The van der Waals surface area contributed by atoms with E-state index in [9.17, 15) is 14.4 Å². The molecule has 4 aliphatic rings. The van der Waals surface area contributed by atoms with Crippen LogP contribution in [-0.2, 0) is 14.3 Å². The zero-order valence-electron chi connectivity index (χ0n) is 19.8. The van der Waals surface area contributed by atoms with Crippen molar-refractivity contribution in [3.63, 3.8) is 0 Å². The van der Waals surface area contributed by atoms with Crippen LogP contribution in [0.3, 0.4) is 0 Å². The predicted molar refractivity (Wildman–Crippen MR) is 132 cm³/mol. The normalized spacial score (nSPS) is 23.8. The first kappa shape index (κ1) is 21.8. The first-order chi connectivity index (χ1) is 17.0. The summed E-state index contributed by atoms with van der Waals surface area (Å²) in [6, 6.07) is 23.0. The van der Waals surface area contributed by atoms with Gasteiger partial charge in [0.2, 0.25) is 11.8 Å². The number of benzene rings is 3.